The Bertz CT molecular complexity index is 1040. The summed E-state index contributed by atoms with van der Waals surface area (Å²) in [5.74, 6) is 2.58. The number of rotatable bonds is 6. The summed E-state index contributed by atoms with van der Waals surface area (Å²) in [5, 5.41) is 12.4. The van der Waals surface area contributed by atoms with Crippen LogP contribution in [0.3, 0.4) is 0 Å². The van der Waals surface area contributed by atoms with E-state index in [2.05, 4.69) is 43.3 Å². The molecule has 152 valence electrons. The van der Waals surface area contributed by atoms with Crippen molar-refractivity contribution in [2.45, 2.75) is 6.54 Å². The van der Waals surface area contributed by atoms with Gasteiger partial charge in [-0.05, 0) is 30.3 Å². The summed E-state index contributed by atoms with van der Waals surface area (Å²) in [6.07, 6.45) is 3.47. The van der Waals surface area contributed by atoms with Gasteiger partial charge < -0.3 is 19.9 Å². The number of pyridine rings is 2. The number of benzene rings is 1. The molecule has 4 rings (SSSR count). The maximum absolute atomic E-state index is 9.06. The van der Waals surface area contributed by atoms with Gasteiger partial charge in [0.25, 0.3) is 0 Å². The number of hydrogen-bond donors (Lipinski definition) is 1. The second-order valence-electron chi connectivity index (χ2n) is 7.03. The Morgan fingerprint density at radius 3 is 2.60 bits per heavy atom. The summed E-state index contributed by atoms with van der Waals surface area (Å²) < 4.78 is 5.52. The standard InChI is InChI=1S/C23H24N6O/c1-30-21-7-3-2-6-20(21)28-11-13-29(14-12-28)23-19(5-4-9-26-23)17-27-22-15-18(16-24)8-10-25-22/h2-10,15H,11-14,17H2,1H3,(H,25,27). The topological polar surface area (TPSA) is 77.3 Å². The molecule has 1 aliphatic heterocycles. The second-order valence-corrected chi connectivity index (χ2v) is 7.03. The van der Waals surface area contributed by atoms with Crippen LogP contribution in [0, 0.1) is 11.3 Å². The number of aromatic nitrogens is 2. The highest BCUT2D eigenvalue weighted by Crippen LogP contribution is 2.29. The van der Waals surface area contributed by atoms with Crippen molar-refractivity contribution >= 4 is 17.3 Å². The Kier molecular flexibility index (Phi) is 5.95. The molecule has 7 nitrogen and oxygen atoms in total. The highest BCUT2D eigenvalue weighted by atomic mass is 16.5. The Morgan fingerprint density at radius 2 is 1.80 bits per heavy atom. The molecule has 0 aliphatic carbocycles. The molecule has 3 aromatic rings. The van der Waals surface area contributed by atoms with E-state index in [0.717, 1.165) is 49.0 Å². The Morgan fingerprint density at radius 1 is 1.00 bits per heavy atom. The van der Waals surface area contributed by atoms with Crippen LogP contribution in [0.25, 0.3) is 0 Å². The number of piperazine rings is 1. The summed E-state index contributed by atoms with van der Waals surface area (Å²) in [6.45, 7) is 4.15. The lowest BCUT2D eigenvalue weighted by molar-refractivity contribution is 0.413. The van der Waals surface area contributed by atoms with Crippen molar-refractivity contribution in [1.82, 2.24) is 9.97 Å². The van der Waals surface area contributed by atoms with E-state index in [1.807, 2.05) is 30.5 Å². The summed E-state index contributed by atoms with van der Waals surface area (Å²) in [6, 6.07) is 17.8. The van der Waals surface area contributed by atoms with Crippen LogP contribution < -0.4 is 19.9 Å². The third-order valence-electron chi connectivity index (χ3n) is 5.22. The Labute approximate surface area is 176 Å². The number of nitrogens with one attached hydrogen (secondary N) is 1. The lowest BCUT2D eigenvalue weighted by atomic mass is 10.2. The predicted octanol–water partition coefficient (Wildman–Crippen LogP) is 3.30. The predicted molar refractivity (Wildman–Crippen MR) is 118 cm³/mol. The van der Waals surface area contributed by atoms with Gasteiger partial charge in [0.15, 0.2) is 0 Å². The smallest absolute Gasteiger partial charge is 0.142 e. The zero-order chi connectivity index (χ0) is 20.8. The van der Waals surface area contributed by atoms with Crippen LogP contribution in [0.2, 0.25) is 0 Å². The summed E-state index contributed by atoms with van der Waals surface area (Å²) in [5.41, 5.74) is 2.82. The molecule has 0 amide bonds. The average Bonchev–Trinajstić information content (AvgIpc) is 2.83. The Hall–Kier alpha value is -3.79. The number of anilines is 3. The van der Waals surface area contributed by atoms with Gasteiger partial charge in [-0.1, -0.05) is 18.2 Å². The molecular formula is C23H24N6O. The minimum absolute atomic E-state index is 0.589. The average molecular weight is 400 g/mol. The monoisotopic (exact) mass is 400 g/mol. The van der Waals surface area contributed by atoms with Crippen LogP contribution in [-0.4, -0.2) is 43.3 Å². The molecule has 1 fully saturated rings. The maximum Gasteiger partial charge on any atom is 0.142 e. The zero-order valence-corrected chi connectivity index (χ0v) is 17.0. The molecule has 0 spiro atoms. The number of nitriles is 1. The Balaban J connectivity index is 1.44. The summed E-state index contributed by atoms with van der Waals surface area (Å²) in [4.78, 5) is 13.6. The lowest BCUT2D eigenvalue weighted by Crippen LogP contribution is -2.47. The van der Waals surface area contributed by atoms with Crippen LogP contribution >= 0.6 is 0 Å². The molecule has 1 N–H and O–H groups in total. The van der Waals surface area contributed by atoms with Crippen LogP contribution in [0.5, 0.6) is 5.75 Å². The van der Waals surface area contributed by atoms with E-state index >= 15 is 0 Å². The van der Waals surface area contributed by atoms with Crippen LogP contribution in [0.15, 0.2) is 60.9 Å². The number of nitrogens with zero attached hydrogens (tertiary/aromatic N) is 5. The number of ether oxygens (including phenoxy) is 1. The van der Waals surface area contributed by atoms with Crippen molar-refractivity contribution in [2.24, 2.45) is 0 Å². The normalized spacial score (nSPS) is 13.6. The number of para-hydroxylation sites is 2. The molecule has 3 heterocycles. The van der Waals surface area contributed by atoms with E-state index in [9.17, 15) is 0 Å². The minimum atomic E-state index is 0.589. The van der Waals surface area contributed by atoms with Crippen molar-refractivity contribution in [3.05, 3.63) is 72.1 Å². The van der Waals surface area contributed by atoms with Gasteiger partial charge in [0.1, 0.15) is 17.4 Å². The quantitative estimate of drug-likeness (QED) is 0.680. The van der Waals surface area contributed by atoms with Crippen molar-refractivity contribution < 1.29 is 4.74 Å². The fraction of sp³-hybridized carbons (Fsp3) is 0.261. The third-order valence-corrected chi connectivity index (χ3v) is 5.22. The first-order valence-electron chi connectivity index (χ1n) is 9.95. The molecule has 0 unspecified atom stereocenters. The van der Waals surface area contributed by atoms with Crippen molar-refractivity contribution in [3.8, 4) is 11.8 Å². The first kappa shape index (κ1) is 19.5. The van der Waals surface area contributed by atoms with Gasteiger partial charge in [0, 0.05) is 50.7 Å². The molecule has 30 heavy (non-hydrogen) atoms. The van der Waals surface area contributed by atoms with E-state index in [4.69, 9.17) is 10.00 Å². The van der Waals surface area contributed by atoms with Crippen molar-refractivity contribution in [3.63, 3.8) is 0 Å². The van der Waals surface area contributed by atoms with Gasteiger partial charge in [-0.25, -0.2) is 9.97 Å². The third kappa shape index (κ3) is 4.28. The molecule has 0 radical (unpaired) electrons. The first-order chi connectivity index (χ1) is 14.8. The second kappa shape index (κ2) is 9.14. The van der Waals surface area contributed by atoms with Crippen LogP contribution in [0.1, 0.15) is 11.1 Å². The van der Waals surface area contributed by atoms with Crippen LogP contribution in [-0.2, 0) is 6.54 Å². The molecule has 0 bridgehead atoms. The minimum Gasteiger partial charge on any atom is -0.495 e. The fourth-order valence-corrected chi connectivity index (χ4v) is 3.69. The first-order valence-corrected chi connectivity index (χ1v) is 9.95. The van der Waals surface area contributed by atoms with Crippen molar-refractivity contribution in [2.75, 3.05) is 48.4 Å². The van der Waals surface area contributed by atoms with E-state index in [1.165, 1.54) is 0 Å². The largest absolute Gasteiger partial charge is 0.495 e. The molecule has 0 atom stereocenters. The zero-order valence-electron chi connectivity index (χ0n) is 17.0. The lowest BCUT2D eigenvalue weighted by Gasteiger charge is -2.37. The molecule has 0 saturated carbocycles. The van der Waals surface area contributed by atoms with E-state index in [-0.39, 0.29) is 0 Å². The van der Waals surface area contributed by atoms with E-state index in [1.54, 1.807) is 25.4 Å². The van der Waals surface area contributed by atoms with Gasteiger partial charge in [-0.3, -0.25) is 0 Å². The SMILES string of the molecule is COc1ccccc1N1CCN(c2ncccc2CNc2cc(C#N)ccn2)CC1. The van der Waals surface area contributed by atoms with Crippen LogP contribution in [0.4, 0.5) is 17.3 Å². The summed E-state index contributed by atoms with van der Waals surface area (Å²) >= 11 is 0. The highest BCUT2D eigenvalue weighted by Gasteiger charge is 2.22. The molecular weight excluding hydrogens is 376 g/mol. The number of hydrogen-bond acceptors (Lipinski definition) is 7. The van der Waals surface area contributed by atoms with Gasteiger partial charge >= 0.3 is 0 Å². The van der Waals surface area contributed by atoms with E-state index in [0.29, 0.717) is 17.9 Å². The molecule has 1 aromatic carbocycles. The van der Waals surface area contributed by atoms with Crippen molar-refractivity contribution in [1.29, 1.82) is 5.26 Å². The van der Waals surface area contributed by atoms with Gasteiger partial charge in [0.05, 0.1) is 24.4 Å². The molecule has 2 aromatic heterocycles. The van der Waals surface area contributed by atoms with Gasteiger partial charge in [-0.2, -0.15) is 5.26 Å². The maximum atomic E-state index is 9.06. The van der Waals surface area contributed by atoms with E-state index < -0.39 is 0 Å². The fourth-order valence-electron chi connectivity index (χ4n) is 3.69. The van der Waals surface area contributed by atoms with Gasteiger partial charge in [-0.15, -0.1) is 0 Å². The van der Waals surface area contributed by atoms with Gasteiger partial charge in [0.2, 0.25) is 0 Å². The molecule has 1 aliphatic rings. The highest BCUT2D eigenvalue weighted by molar-refractivity contribution is 5.60. The molecule has 7 heteroatoms. The number of methoxy groups -OCH3 is 1. The molecule has 1 saturated heterocycles. The summed E-state index contributed by atoms with van der Waals surface area (Å²) in [7, 11) is 1.71.